The number of rotatable bonds is 6. The Balaban J connectivity index is 2.45. The number of nitrogens with one attached hydrogen (secondary N) is 2. The van der Waals surface area contributed by atoms with Gasteiger partial charge in [0.25, 0.3) is 0 Å². The van der Waals surface area contributed by atoms with Crippen LogP contribution in [-0.4, -0.2) is 23.7 Å². The summed E-state index contributed by atoms with van der Waals surface area (Å²) in [6, 6.07) is 2.45. The normalized spacial score (nSPS) is 12.0. The van der Waals surface area contributed by atoms with Gasteiger partial charge in [-0.05, 0) is 12.0 Å². The van der Waals surface area contributed by atoms with Crippen LogP contribution in [0.4, 0.5) is 13.6 Å². The van der Waals surface area contributed by atoms with Crippen molar-refractivity contribution in [1.29, 1.82) is 0 Å². The van der Waals surface area contributed by atoms with Crippen LogP contribution in [-0.2, 0) is 11.3 Å². The summed E-state index contributed by atoms with van der Waals surface area (Å²) in [7, 11) is 0. The number of carbonyl (C=O) groups excluding carboxylic acids is 1. The molecule has 1 rings (SSSR count). The quantitative estimate of drug-likeness (QED) is 0.753. The van der Waals surface area contributed by atoms with Gasteiger partial charge in [-0.15, -0.1) is 0 Å². The number of benzene rings is 1. The van der Waals surface area contributed by atoms with E-state index in [4.69, 9.17) is 5.11 Å². The Kier molecular flexibility index (Phi) is 6.08. The largest absolute Gasteiger partial charge is 0.481 e. The lowest BCUT2D eigenvalue weighted by Gasteiger charge is -2.17. The molecule has 2 amide bonds. The van der Waals surface area contributed by atoms with Gasteiger partial charge in [-0.3, -0.25) is 4.79 Å². The molecule has 1 atom stereocenters. The second kappa shape index (κ2) is 7.56. The molecule has 0 aliphatic carbocycles. The van der Waals surface area contributed by atoms with Crippen LogP contribution in [0.5, 0.6) is 0 Å². The molecule has 0 heterocycles. The van der Waals surface area contributed by atoms with Gasteiger partial charge in [-0.2, -0.15) is 0 Å². The molecule has 1 aromatic rings. The summed E-state index contributed by atoms with van der Waals surface area (Å²) in [6.07, 6.45) is 0. The molecule has 7 heteroatoms. The number of carboxylic acid groups (broad SMARTS) is 1. The van der Waals surface area contributed by atoms with E-state index >= 15 is 0 Å². The summed E-state index contributed by atoms with van der Waals surface area (Å²) in [6.45, 7) is 3.35. The average molecular weight is 300 g/mol. The molecule has 0 aliphatic heterocycles. The van der Waals surface area contributed by atoms with Crippen molar-refractivity contribution in [3.8, 4) is 0 Å². The molecule has 0 aliphatic rings. The smallest absolute Gasteiger partial charge is 0.315 e. The maximum Gasteiger partial charge on any atom is 0.315 e. The molecule has 0 saturated heterocycles. The minimum absolute atomic E-state index is 0.0231. The van der Waals surface area contributed by atoms with Crippen molar-refractivity contribution in [2.45, 2.75) is 20.4 Å². The van der Waals surface area contributed by atoms with E-state index < -0.39 is 29.6 Å². The molecule has 0 spiro atoms. The minimum atomic E-state index is -0.991. The van der Waals surface area contributed by atoms with Crippen molar-refractivity contribution < 1.29 is 23.5 Å². The van der Waals surface area contributed by atoms with E-state index in [0.717, 1.165) is 12.1 Å². The summed E-state index contributed by atoms with van der Waals surface area (Å²) in [5.41, 5.74) is 0.144. The van der Waals surface area contributed by atoms with Crippen molar-refractivity contribution in [1.82, 2.24) is 10.6 Å². The Labute approximate surface area is 121 Å². The van der Waals surface area contributed by atoms with Crippen molar-refractivity contribution in [2.24, 2.45) is 11.8 Å². The lowest BCUT2D eigenvalue weighted by atomic mass is 9.96. The van der Waals surface area contributed by atoms with Crippen molar-refractivity contribution in [2.75, 3.05) is 6.54 Å². The van der Waals surface area contributed by atoms with Crippen LogP contribution in [0.15, 0.2) is 18.2 Å². The molecule has 116 valence electrons. The second-order valence-electron chi connectivity index (χ2n) is 4.99. The van der Waals surface area contributed by atoms with Crippen LogP contribution in [0.2, 0.25) is 0 Å². The topological polar surface area (TPSA) is 78.4 Å². The fourth-order valence-electron chi connectivity index (χ4n) is 1.71. The first-order chi connectivity index (χ1) is 9.81. The molecule has 21 heavy (non-hydrogen) atoms. The van der Waals surface area contributed by atoms with E-state index in [1.54, 1.807) is 13.8 Å². The van der Waals surface area contributed by atoms with E-state index in [1.165, 1.54) is 6.07 Å². The Morgan fingerprint density at radius 1 is 1.24 bits per heavy atom. The third kappa shape index (κ3) is 5.37. The summed E-state index contributed by atoms with van der Waals surface area (Å²) in [5.74, 6) is -3.26. The Hall–Kier alpha value is -2.18. The molecule has 1 unspecified atom stereocenters. The van der Waals surface area contributed by atoms with Gasteiger partial charge in [0, 0.05) is 24.7 Å². The van der Waals surface area contributed by atoms with Crippen LogP contribution < -0.4 is 10.6 Å². The number of amides is 2. The summed E-state index contributed by atoms with van der Waals surface area (Å²) in [4.78, 5) is 22.5. The lowest BCUT2D eigenvalue weighted by Crippen LogP contribution is -2.41. The summed E-state index contributed by atoms with van der Waals surface area (Å²) in [5, 5.41) is 13.8. The molecular weight excluding hydrogens is 282 g/mol. The van der Waals surface area contributed by atoms with Crippen molar-refractivity contribution in [3.05, 3.63) is 35.4 Å². The maximum atomic E-state index is 13.3. The van der Waals surface area contributed by atoms with Gasteiger partial charge >= 0.3 is 12.0 Å². The van der Waals surface area contributed by atoms with E-state index in [-0.39, 0.29) is 24.6 Å². The Morgan fingerprint density at radius 3 is 2.43 bits per heavy atom. The summed E-state index contributed by atoms with van der Waals surface area (Å²) >= 11 is 0. The number of aliphatic carboxylic acids is 1. The fourth-order valence-corrected chi connectivity index (χ4v) is 1.71. The van der Waals surface area contributed by atoms with Gasteiger partial charge in [-0.1, -0.05) is 19.9 Å². The number of carbonyl (C=O) groups is 2. The fraction of sp³-hybridized carbons (Fsp3) is 0.429. The highest BCUT2D eigenvalue weighted by atomic mass is 19.1. The van der Waals surface area contributed by atoms with Gasteiger partial charge in [0.05, 0.1) is 5.92 Å². The number of halogens is 2. The van der Waals surface area contributed by atoms with Crippen LogP contribution in [0.1, 0.15) is 19.4 Å². The van der Waals surface area contributed by atoms with E-state index in [0.29, 0.717) is 0 Å². The number of hydrogen-bond donors (Lipinski definition) is 3. The van der Waals surface area contributed by atoms with Gasteiger partial charge in [0.1, 0.15) is 11.6 Å². The predicted molar refractivity (Wildman–Crippen MR) is 72.6 cm³/mol. The molecular formula is C14H18F2N2O3. The van der Waals surface area contributed by atoms with Gasteiger partial charge < -0.3 is 15.7 Å². The minimum Gasteiger partial charge on any atom is -0.481 e. The molecule has 0 saturated carbocycles. The van der Waals surface area contributed by atoms with Crippen LogP contribution in [0.25, 0.3) is 0 Å². The zero-order valence-corrected chi connectivity index (χ0v) is 11.8. The molecule has 3 N–H and O–H groups in total. The Morgan fingerprint density at radius 2 is 1.90 bits per heavy atom. The SMILES string of the molecule is CC(C)C(CNC(=O)NCc1ccc(F)cc1F)C(=O)O. The van der Waals surface area contributed by atoms with Gasteiger partial charge in [0.15, 0.2) is 0 Å². The van der Waals surface area contributed by atoms with Crippen LogP contribution in [0.3, 0.4) is 0 Å². The van der Waals surface area contributed by atoms with E-state index in [9.17, 15) is 18.4 Å². The monoisotopic (exact) mass is 300 g/mol. The molecule has 0 fully saturated rings. The third-order valence-electron chi connectivity index (χ3n) is 3.06. The number of urea groups is 1. The predicted octanol–water partition coefficient (Wildman–Crippen LogP) is 2.12. The third-order valence-corrected chi connectivity index (χ3v) is 3.06. The second-order valence-corrected chi connectivity index (χ2v) is 4.99. The molecule has 0 radical (unpaired) electrons. The summed E-state index contributed by atoms with van der Waals surface area (Å²) < 4.78 is 26.0. The van der Waals surface area contributed by atoms with E-state index in [1.807, 2.05) is 0 Å². The van der Waals surface area contributed by atoms with Crippen molar-refractivity contribution in [3.63, 3.8) is 0 Å². The molecule has 0 aromatic heterocycles. The standard InChI is InChI=1S/C14H18F2N2O3/c1-8(2)11(13(19)20)7-18-14(21)17-6-9-3-4-10(15)5-12(9)16/h3-5,8,11H,6-7H2,1-2H3,(H,19,20)(H2,17,18,21). The lowest BCUT2D eigenvalue weighted by molar-refractivity contribution is -0.142. The highest BCUT2D eigenvalue weighted by molar-refractivity contribution is 5.75. The number of carboxylic acids is 1. The highest BCUT2D eigenvalue weighted by Gasteiger charge is 2.21. The van der Waals surface area contributed by atoms with E-state index in [2.05, 4.69) is 10.6 Å². The first-order valence-electron chi connectivity index (χ1n) is 6.49. The molecule has 5 nitrogen and oxygen atoms in total. The molecule has 0 bridgehead atoms. The van der Waals surface area contributed by atoms with Gasteiger partial charge in [-0.25, -0.2) is 13.6 Å². The van der Waals surface area contributed by atoms with Crippen molar-refractivity contribution >= 4 is 12.0 Å². The number of hydrogen-bond acceptors (Lipinski definition) is 2. The maximum absolute atomic E-state index is 13.3. The first kappa shape index (κ1) is 16.9. The zero-order valence-electron chi connectivity index (χ0n) is 11.8. The average Bonchev–Trinajstić information content (AvgIpc) is 2.37. The van der Waals surface area contributed by atoms with Gasteiger partial charge in [0.2, 0.25) is 0 Å². The Bertz CT molecular complexity index is 521. The first-order valence-corrected chi connectivity index (χ1v) is 6.49. The van der Waals surface area contributed by atoms with Crippen LogP contribution in [0, 0.1) is 23.5 Å². The highest BCUT2D eigenvalue weighted by Crippen LogP contribution is 2.10. The van der Waals surface area contributed by atoms with Crippen LogP contribution >= 0.6 is 0 Å². The molecule has 1 aromatic carbocycles. The zero-order chi connectivity index (χ0) is 16.0.